The molecular weight excluding hydrogens is 283 g/mol. The first-order chi connectivity index (χ1) is 9.17. The predicted octanol–water partition coefficient (Wildman–Crippen LogP) is 3.76. The van der Waals surface area contributed by atoms with Gasteiger partial charge in [0.25, 0.3) is 0 Å². The number of hydrogen-bond acceptors (Lipinski definition) is 4. The number of anilines is 1. The van der Waals surface area contributed by atoms with Crippen molar-refractivity contribution in [3.05, 3.63) is 34.1 Å². The molecule has 0 unspecified atom stereocenters. The molecular formula is C13H12Cl2N4. The molecule has 3 rings (SSSR count). The van der Waals surface area contributed by atoms with Crippen LogP contribution in [0.3, 0.4) is 0 Å². The quantitative estimate of drug-likeness (QED) is 0.936. The van der Waals surface area contributed by atoms with Crippen LogP contribution in [0.1, 0.15) is 24.5 Å². The highest BCUT2D eigenvalue weighted by Crippen LogP contribution is 2.40. The van der Waals surface area contributed by atoms with Crippen molar-refractivity contribution in [2.75, 3.05) is 12.4 Å². The number of nitrogens with zero attached hydrogens (tertiary/aromatic N) is 3. The molecule has 1 aliphatic rings. The summed E-state index contributed by atoms with van der Waals surface area (Å²) in [6, 6.07) is 3.63. The van der Waals surface area contributed by atoms with E-state index in [0.29, 0.717) is 27.5 Å². The smallest absolute Gasteiger partial charge is 0.181 e. The Morgan fingerprint density at radius 1 is 1.21 bits per heavy atom. The molecule has 0 bridgehead atoms. The largest absolute Gasteiger partial charge is 0.373 e. The molecule has 2 aromatic rings. The maximum atomic E-state index is 6.16. The van der Waals surface area contributed by atoms with E-state index in [4.69, 9.17) is 23.2 Å². The summed E-state index contributed by atoms with van der Waals surface area (Å²) in [5, 5.41) is 4.00. The number of nitrogens with one attached hydrogen (secondary N) is 1. The average Bonchev–Trinajstić information content (AvgIpc) is 3.22. The van der Waals surface area contributed by atoms with Gasteiger partial charge in [0, 0.05) is 30.9 Å². The minimum absolute atomic E-state index is 0.461. The molecule has 0 aromatic carbocycles. The summed E-state index contributed by atoms with van der Waals surface area (Å²) in [5.74, 6) is 1.86. The van der Waals surface area contributed by atoms with E-state index in [2.05, 4.69) is 20.3 Å². The average molecular weight is 295 g/mol. The zero-order valence-corrected chi connectivity index (χ0v) is 11.8. The highest BCUT2D eigenvalue weighted by Gasteiger charge is 2.26. The molecule has 0 atom stereocenters. The van der Waals surface area contributed by atoms with Crippen LogP contribution in [0, 0.1) is 0 Å². The second kappa shape index (κ2) is 4.94. The first kappa shape index (κ1) is 12.6. The van der Waals surface area contributed by atoms with E-state index in [-0.39, 0.29) is 0 Å². The lowest BCUT2D eigenvalue weighted by Gasteiger charge is -2.08. The lowest BCUT2D eigenvalue weighted by atomic mass is 10.2. The molecule has 0 spiro atoms. The third kappa shape index (κ3) is 2.65. The summed E-state index contributed by atoms with van der Waals surface area (Å²) in [5.41, 5.74) is 1.60. The van der Waals surface area contributed by atoms with Gasteiger partial charge in [-0.1, -0.05) is 23.2 Å². The minimum atomic E-state index is 0.461. The minimum Gasteiger partial charge on any atom is -0.373 e. The molecule has 19 heavy (non-hydrogen) atoms. The van der Waals surface area contributed by atoms with Gasteiger partial charge in [0.05, 0.1) is 10.0 Å². The van der Waals surface area contributed by atoms with Crippen molar-refractivity contribution in [3.8, 4) is 11.5 Å². The van der Waals surface area contributed by atoms with Gasteiger partial charge in [0.1, 0.15) is 11.5 Å². The Labute approximate surface area is 121 Å². The summed E-state index contributed by atoms with van der Waals surface area (Å²) in [7, 11) is 1.83. The van der Waals surface area contributed by atoms with Crippen molar-refractivity contribution in [1.82, 2.24) is 15.0 Å². The van der Waals surface area contributed by atoms with E-state index < -0.39 is 0 Å². The van der Waals surface area contributed by atoms with Crippen LogP contribution in [-0.2, 0) is 0 Å². The summed E-state index contributed by atoms with van der Waals surface area (Å²) in [4.78, 5) is 13.2. The molecule has 0 amide bonds. The Morgan fingerprint density at radius 3 is 2.63 bits per heavy atom. The van der Waals surface area contributed by atoms with Crippen LogP contribution in [0.25, 0.3) is 11.5 Å². The van der Waals surface area contributed by atoms with E-state index in [1.807, 2.05) is 13.1 Å². The van der Waals surface area contributed by atoms with Gasteiger partial charge in [0.15, 0.2) is 5.82 Å². The van der Waals surface area contributed by atoms with Crippen molar-refractivity contribution < 1.29 is 0 Å². The molecule has 0 radical (unpaired) electrons. The summed E-state index contributed by atoms with van der Waals surface area (Å²) >= 11 is 12.0. The number of halogens is 2. The number of pyridine rings is 1. The van der Waals surface area contributed by atoms with Crippen molar-refractivity contribution >= 4 is 29.0 Å². The topological polar surface area (TPSA) is 50.7 Å². The molecule has 6 heteroatoms. The number of hydrogen-bond donors (Lipinski definition) is 1. The maximum Gasteiger partial charge on any atom is 0.181 e. The van der Waals surface area contributed by atoms with Crippen LogP contribution in [0.5, 0.6) is 0 Å². The van der Waals surface area contributed by atoms with Gasteiger partial charge in [-0.3, -0.25) is 0 Å². The van der Waals surface area contributed by atoms with Crippen molar-refractivity contribution in [3.63, 3.8) is 0 Å². The Kier molecular flexibility index (Phi) is 3.29. The third-order valence-corrected chi connectivity index (χ3v) is 3.51. The molecule has 2 aromatic heterocycles. The van der Waals surface area contributed by atoms with E-state index in [0.717, 1.165) is 11.5 Å². The van der Waals surface area contributed by atoms with Crippen LogP contribution in [0.4, 0.5) is 5.82 Å². The van der Waals surface area contributed by atoms with Crippen molar-refractivity contribution in [2.24, 2.45) is 0 Å². The number of aromatic nitrogens is 3. The van der Waals surface area contributed by atoms with Crippen LogP contribution < -0.4 is 5.32 Å². The third-order valence-electron chi connectivity index (χ3n) is 3.02. The standard InChI is InChI=1S/C13H12Cl2N4/c1-16-11-5-10(7-2-3-7)18-13(19-11)12-9(15)4-8(14)6-17-12/h4-7H,2-3H2,1H3,(H,16,18,19). The normalized spacial score (nSPS) is 14.5. The molecule has 0 aliphatic heterocycles. The lowest BCUT2D eigenvalue weighted by molar-refractivity contribution is 0.988. The van der Waals surface area contributed by atoms with Crippen LogP contribution in [0.15, 0.2) is 18.3 Å². The molecule has 1 N–H and O–H groups in total. The van der Waals surface area contributed by atoms with Crippen LogP contribution in [-0.4, -0.2) is 22.0 Å². The second-order valence-corrected chi connectivity index (χ2v) is 5.35. The van der Waals surface area contributed by atoms with E-state index in [1.165, 1.54) is 12.8 Å². The molecule has 1 saturated carbocycles. The van der Waals surface area contributed by atoms with Gasteiger partial charge in [-0.05, 0) is 18.9 Å². The Balaban J connectivity index is 2.10. The lowest BCUT2D eigenvalue weighted by Crippen LogP contribution is -2.01. The first-order valence-corrected chi connectivity index (χ1v) is 6.81. The number of rotatable bonds is 3. The van der Waals surface area contributed by atoms with Gasteiger partial charge in [-0.2, -0.15) is 0 Å². The summed E-state index contributed by atoms with van der Waals surface area (Å²) < 4.78 is 0. The van der Waals surface area contributed by atoms with E-state index in [9.17, 15) is 0 Å². The first-order valence-electron chi connectivity index (χ1n) is 6.05. The molecule has 2 heterocycles. The van der Waals surface area contributed by atoms with E-state index >= 15 is 0 Å². The predicted molar refractivity (Wildman–Crippen MR) is 76.8 cm³/mol. The Hall–Kier alpha value is -1.39. The van der Waals surface area contributed by atoms with Gasteiger partial charge in [-0.25, -0.2) is 15.0 Å². The molecule has 4 nitrogen and oxygen atoms in total. The second-order valence-electron chi connectivity index (χ2n) is 4.51. The zero-order chi connectivity index (χ0) is 13.4. The maximum absolute atomic E-state index is 6.16. The molecule has 0 saturated heterocycles. The fourth-order valence-corrected chi connectivity index (χ4v) is 2.33. The van der Waals surface area contributed by atoms with Gasteiger partial charge < -0.3 is 5.32 Å². The van der Waals surface area contributed by atoms with Crippen molar-refractivity contribution in [1.29, 1.82) is 0 Å². The molecule has 1 aliphatic carbocycles. The monoisotopic (exact) mass is 294 g/mol. The van der Waals surface area contributed by atoms with Gasteiger partial charge >= 0.3 is 0 Å². The molecule has 1 fully saturated rings. The summed E-state index contributed by atoms with van der Waals surface area (Å²) in [6.45, 7) is 0. The Bertz CT molecular complexity index is 626. The van der Waals surface area contributed by atoms with Gasteiger partial charge in [0.2, 0.25) is 0 Å². The van der Waals surface area contributed by atoms with E-state index in [1.54, 1.807) is 12.3 Å². The van der Waals surface area contributed by atoms with Crippen LogP contribution >= 0.6 is 23.2 Å². The Morgan fingerprint density at radius 2 is 2.00 bits per heavy atom. The zero-order valence-electron chi connectivity index (χ0n) is 10.3. The summed E-state index contributed by atoms with van der Waals surface area (Å²) in [6.07, 6.45) is 3.91. The fraction of sp³-hybridized carbons (Fsp3) is 0.308. The van der Waals surface area contributed by atoms with Crippen LogP contribution in [0.2, 0.25) is 10.0 Å². The van der Waals surface area contributed by atoms with Gasteiger partial charge in [-0.15, -0.1) is 0 Å². The molecule has 98 valence electrons. The highest BCUT2D eigenvalue weighted by atomic mass is 35.5. The SMILES string of the molecule is CNc1cc(C2CC2)nc(-c2ncc(Cl)cc2Cl)n1. The highest BCUT2D eigenvalue weighted by molar-refractivity contribution is 6.35. The fourth-order valence-electron chi connectivity index (χ4n) is 1.87. The van der Waals surface area contributed by atoms with Crippen molar-refractivity contribution in [2.45, 2.75) is 18.8 Å².